The van der Waals surface area contributed by atoms with E-state index in [-0.39, 0.29) is 24.0 Å². The van der Waals surface area contributed by atoms with Gasteiger partial charge in [-0.2, -0.15) is 0 Å². The van der Waals surface area contributed by atoms with Crippen LogP contribution in [0.1, 0.15) is 57.3 Å². The first kappa shape index (κ1) is 15.5. The number of anilines is 1. The van der Waals surface area contributed by atoms with Crippen LogP contribution in [0.3, 0.4) is 0 Å². The number of carbonyl (C=O) groups excluding carboxylic acids is 2. The highest BCUT2D eigenvalue weighted by Gasteiger charge is 2.34. The monoisotopic (exact) mass is 289 g/mol. The summed E-state index contributed by atoms with van der Waals surface area (Å²) in [7, 11) is 0. The van der Waals surface area contributed by atoms with Gasteiger partial charge in [0.15, 0.2) is 0 Å². The number of hydrogen-bond acceptors (Lipinski definition) is 3. The molecular formula is C17H23NO3. The highest BCUT2D eigenvalue weighted by atomic mass is 16.5. The first-order chi connectivity index (χ1) is 9.97. The summed E-state index contributed by atoms with van der Waals surface area (Å²) in [6.07, 6.45) is 1.22. The predicted octanol–water partition coefficient (Wildman–Crippen LogP) is 3.52. The zero-order valence-electron chi connectivity index (χ0n) is 13.2. The van der Waals surface area contributed by atoms with Crippen molar-refractivity contribution >= 4 is 17.6 Å². The number of hydrogen-bond donors (Lipinski definition) is 0. The van der Waals surface area contributed by atoms with E-state index in [1.165, 1.54) is 0 Å². The predicted molar refractivity (Wildman–Crippen MR) is 82.2 cm³/mol. The largest absolute Gasteiger partial charge is 0.457 e. The maximum absolute atomic E-state index is 12.2. The maximum atomic E-state index is 12.2. The summed E-state index contributed by atoms with van der Waals surface area (Å²) in [6.45, 7) is 7.66. The topological polar surface area (TPSA) is 46.6 Å². The number of esters is 1. The van der Waals surface area contributed by atoms with Crippen LogP contribution in [-0.2, 0) is 14.3 Å². The van der Waals surface area contributed by atoms with E-state index in [1.54, 1.807) is 6.92 Å². The quantitative estimate of drug-likeness (QED) is 0.800. The molecule has 1 aliphatic rings. The number of amides is 1. The fourth-order valence-electron chi connectivity index (χ4n) is 2.83. The molecule has 21 heavy (non-hydrogen) atoms. The normalized spacial score (nSPS) is 20.9. The number of aryl methyl sites for hydroxylation is 1. The SMILES string of the molecule is CCC(=O)O[C@H]1C[C@@H](C)N(C(=O)CC)c2ccc(C)cc21. The lowest BCUT2D eigenvalue weighted by Crippen LogP contribution is -2.43. The molecule has 0 fully saturated rings. The van der Waals surface area contributed by atoms with Gasteiger partial charge in [0.2, 0.25) is 5.91 Å². The van der Waals surface area contributed by atoms with Gasteiger partial charge in [0, 0.05) is 30.9 Å². The van der Waals surface area contributed by atoms with Crippen molar-refractivity contribution in [3.63, 3.8) is 0 Å². The van der Waals surface area contributed by atoms with Gasteiger partial charge in [0.05, 0.1) is 5.69 Å². The molecule has 0 aromatic heterocycles. The van der Waals surface area contributed by atoms with Crippen LogP contribution in [0.15, 0.2) is 18.2 Å². The lowest BCUT2D eigenvalue weighted by molar-refractivity contribution is -0.149. The zero-order valence-corrected chi connectivity index (χ0v) is 13.2. The summed E-state index contributed by atoms with van der Waals surface area (Å²) in [4.78, 5) is 25.7. The standard InChI is InChI=1S/C17H23NO3/c1-5-16(19)18-12(4)10-15(21-17(20)6-2)13-9-11(3)7-8-14(13)18/h7-9,12,15H,5-6,10H2,1-4H3/t12-,15+/m1/s1. The average molecular weight is 289 g/mol. The Balaban J connectivity index is 2.44. The maximum Gasteiger partial charge on any atom is 0.306 e. The van der Waals surface area contributed by atoms with Gasteiger partial charge in [-0.3, -0.25) is 9.59 Å². The summed E-state index contributed by atoms with van der Waals surface area (Å²) >= 11 is 0. The molecule has 114 valence electrons. The van der Waals surface area contributed by atoms with Crippen molar-refractivity contribution in [2.75, 3.05) is 4.90 Å². The number of benzene rings is 1. The molecule has 0 N–H and O–H groups in total. The van der Waals surface area contributed by atoms with Gasteiger partial charge >= 0.3 is 5.97 Å². The number of nitrogens with zero attached hydrogens (tertiary/aromatic N) is 1. The first-order valence-corrected chi connectivity index (χ1v) is 7.60. The van der Waals surface area contributed by atoms with Crippen LogP contribution in [0.4, 0.5) is 5.69 Å². The van der Waals surface area contributed by atoms with E-state index in [0.29, 0.717) is 19.3 Å². The van der Waals surface area contributed by atoms with Crippen molar-refractivity contribution in [1.82, 2.24) is 0 Å². The molecule has 0 saturated carbocycles. The first-order valence-electron chi connectivity index (χ1n) is 7.60. The van der Waals surface area contributed by atoms with Crippen LogP contribution in [0.2, 0.25) is 0 Å². The van der Waals surface area contributed by atoms with E-state index in [2.05, 4.69) is 0 Å². The molecule has 1 aromatic rings. The molecule has 0 unspecified atom stereocenters. The summed E-state index contributed by atoms with van der Waals surface area (Å²) in [5, 5.41) is 0. The second-order valence-electron chi connectivity index (χ2n) is 5.60. The Morgan fingerprint density at radius 2 is 2.00 bits per heavy atom. The van der Waals surface area contributed by atoms with Gasteiger partial charge in [-0.05, 0) is 19.9 Å². The molecule has 0 radical (unpaired) electrons. The van der Waals surface area contributed by atoms with Crippen molar-refractivity contribution in [3.05, 3.63) is 29.3 Å². The van der Waals surface area contributed by atoms with Crippen molar-refractivity contribution in [2.24, 2.45) is 0 Å². The third kappa shape index (κ3) is 3.09. The van der Waals surface area contributed by atoms with E-state index in [0.717, 1.165) is 16.8 Å². The van der Waals surface area contributed by atoms with Crippen molar-refractivity contribution in [2.45, 2.75) is 59.1 Å². The number of fused-ring (bicyclic) bond motifs is 1. The van der Waals surface area contributed by atoms with Crippen molar-refractivity contribution in [3.8, 4) is 0 Å². The third-order valence-corrected chi connectivity index (χ3v) is 3.92. The fraction of sp³-hybridized carbons (Fsp3) is 0.529. The van der Waals surface area contributed by atoms with Crippen molar-refractivity contribution < 1.29 is 14.3 Å². The van der Waals surface area contributed by atoms with Gasteiger partial charge in [0.1, 0.15) is 6.10 Å². The number of carbonyl (C=O) groups is 2. The van der Waals surface area contributed by atoms with Crippen LogP contribution >= 0.6 is 0 Å². The van der Waals surface area contributed by atoms with E-state index < -0.39 is 0 Å². The summed E-state index contributed by atoms with van der Waals surface area (Å²) in [5.41, 5.74) is 2.92. The Morgan fingerprint density at radius 1 is 1.29 bits per heavy atom. The smallest absolute Gasteiger partial charge is 0.306 e. The molecule has 0 bridgehead atoms. The van der Waals surface area contributed by atoms with E-state index >= 15 is 0 Å². The Kier molecular flexibility index (Phi) is 4.66. The molecule has 0 saturated heterocycles. The Bertz CT molecular complexity index is 553. The molecule has 4 nitrogen and oxygen atoms in total. The van der Waals surface area contributed by atoms with Crippen LogP contribution in [0.5, 0.6) is 0 Å². The molecule has 2 atom stereocenters. The molecule has 1 heterocycles. The fourth-order valence-corrected chi connectivity index (χ4v) is 2.83. The minimum atomic E-state index is -0.261. The lowest BCUT2D eigenvalue weighted by Gasteiger charge is -2.39. The molecular weight excluding hydrogens is 266 g/mol. The molecule has 2 rings (SSSR count). The summed E-state index contributed by atoms with van der Waals surface area (Å²) in [6, 6.07) is 6.00. The van der Waals surface area contributed by atoms with Crippen LogP contribution in [-0.4, -0.2) is 17.9 Å². The van der Waals surface area contributed by atoms with Crippen molar-refractivity contribution in [1.29, 1.82) is 0 Å². The van der Waals surface area contributed by atoms with Crippen LogP contribution in [0.25, 0.3) is 0 Å². The minimum absolute atomic E-state index is 0.0299. The molecule has 1 aromatic carbocycles. The molecule has 4 heteroatoms. The number of ether oxygens (including phenoxy) is 1. The van der Waals surface area contributed by atoms with Gasteiger partial charge in [0.25, 0.3) is 0 Å². The molecule has 1 amide bonds. The van der Waals surface area contributed by atoms with Crippen LogP contribution in [0, 0.1) is 6.92 Å². The van der Waals surface area contributed by atoms with Gasteiger partial charge in [-0.1, -0.05) is 31.5 Å². The summed E-state index contributed by atoms with van der Waals surface area (Å²) in [5.74, 6) is -0.0946. The second-order valence-corrected chi connectivity index (χ2v) is 5.60. The van der Waals surface area contributed by atoms with E-state index in [1.807, 2.05) is 43.9 Å². The highest BCUT2D eigenvalue weighted by Crippen LogP contribution is 2.40. The summed E-state index contributed by atoms with van der Waals surface area (Å²) < 4.78 is 5.58. The Morgan fingerprint density at radius 3 is 2.62 bits per heavy atom. The highest BCUT2D eigenvalue weighted by molar-refractivity contribution is 5.95. The number of rotatable bonds is 3. The van der Waals surface area contributed by atoms with Gasteiger partial charge < -0.3 is 9.64 Å². The Hall–Kier alpha value is -1.84. The minimum Gasteiger partial charge on any atom is -0.457 e. The van der Waals surface area contributed by atoms with E-state index in [9.17, 15) is 9.59 Å². The van der Waals surface area contributed by atoms with Gasteiger partial charge in [-0.25, -0.2) is 0 Å². The average Bonchev–Trinajstić information content (AvgIpc) is 2.47. The van der Waals surface area contributed by atoms with E-state index in [4.69, 9.17) is 4.74 Å². The second kappa shape index (κ2) is 6.29. The van der Waals surface area contributed by atoms with Gasteiger partial charge in [-0.15, -0.1) is 0 Å². The molecule has 1 aliphatic heterocycles. The molecule has 0 aliphatic carbocycles. The molecule has 0 spiro atoms. The lowest BCUT2D eigenvalue weighted by atomic mass is 9.92. The third-order valence-electron chi connectivity index (χ3n) is 3.92. The zero-order chi connectivity index (χ0) is 15.6. The Labute approximate surface area is 126 Å². The van der Waals surface area contributed by atoms with Crippen LogP contribution < -0.4 is 4.90 Å².